The maximum Gasteiger partial charge on any atom is 0.343 e. The van der Waals surface area contributed by atoms with Crippen LogP contribution in [-0.4, -0.2) is 27.8 Å². The van der Waals surface area contributed by atoms with E-state index in [2.05, 4.69) is 4.98 Å². The number of hydrogen-bond donors (Lipinski definition) is 2. The molecule has 7 heteroatoms. The molecule has 0 aliphatic rings. The largest absolute Gasteiger partial charge is 0.506 e. The van der Waals surface area contributed by atoms with E-state index in [9.17, 15) is 15.0 Å². The normalized spacial score (nSPS) is 10.8. The number of rotatable bonds is 3. The van der Waals surface area contributed by atoms with Gasteiger partial charge in [-0.3, -0.25) is 4.98 Å². The van der Waals surface area contributed by atoms with Crippen LogP contribution < -0.4 is 0 Å². The average molecular weight is 316 g/mol. The zero-order valence-corrected chi connectivity index (χ0v) is 12.0. The molecular weight excluding hydrogens is 305 g/mol. The Morgan fingerprint density at radius 2 is 2.15 bits per heavy atom. The van der Waals surface area contributed by atoms with Crippen molar-refractivity contribution in [1.82, 2.24) is 4.98 Å². The number of aromatic nitrogens is 1. The van der Waals surface area contributed by atoms with Crippen molar-refractivity contribution in [2.45, 2.75) is 13.5 Å². The first-order valence-corrected chi connectivity index (χ1v) is 6.53. The number of aliphatic hydroxyl groups excluding tert-OH is 1. The number of pyridine rings is 1. The molecule has 0 spiro atoms. The van der Waals surface area contributed by atoms with E-state index >= 15 is 0 Å². The minimum atomic E-state index is -0.684. The lowest BCUT2D eigenvalue weighted by atomic mass is 10.1. The highest BCUT2D eigenvalue weighted by Crippen LogP contribution is 2.37. The summed E-state index contributed by atoms with van der Waals surface area (Å²) < 4.78 is 4.82. The van der Waals surface area contributed by atoms with Crippen LogP contribution in [0.15, 0.2) is 12.3 Å². The molecule has 1 heterocycles. The van der Waals surface area contributed by atoms with Crippen LogP contribution >= 0.6 is 23.2 Å². The van der Waals surface area contributed by atoms with Crippen LogP contribution in [0.5, 0.6) is 5.75 Å². The number of ether oxygens (including phenoxy) is 1. The fourth-order valence-corrected chi connectivity index (χ4v) is 2.26. The Balaban J connectivity index is 2.74. The number of esters is 1. The maximum absolute atomic E-state index is 11.7. The van der Waals surface area contributed by atoms with Gasteiger partial charge in [0.1, 0.15) is 11.3 Å². The van der Waals surface area contributed by atoms with Crippen LogP contribution in [0.2, 0.25) is 10.0 Å². The molecule has 0 saturated carbocycles. The van der Waals surface area contributed by atoms with E-state index in [4.69, 9.17) is 27.9 Å². The summed E-state index contributed by atoms with van der Waals surface area (Å²) in [7, 11) is 0. The van der Waals surface area contributed by atoms with Gasteiger partial charge >= 0.3 is 5.97 Å². The third kappa shape index (κ3) is 2.40. The highest BCUT2D eigenvalue weighted by Gasteiger charge is 2.19. The quantitative estimate of drug-likeness (QED) is 0.851. The molecule has 106 valence electrons. The molecule has 0 unspecified atom stereocenters. The lowest BCUT2D eigenvalue weighted by Gasteiger charge is -2.11. The summed E-state index contributed by atoms with van der Waals surface area (Å²) in [5, 5.41) is 20.0. The second-order valence-corrected chi connectivity index (χ2v) is 4.73. The van der Waals surface area contributed by atoms with Crippen LogP contribution in [0.4, 0.5) is 0 Å². The number of benzene rings is 1. The van der Waals surface area contributed by atoms with Gasteiger partial charge in [0.25, 0.3) is 0 Å². The van der Waals surface area contributed by atoms with E-state index in [-0.39, 0.29) is 45.5 Å². The Labute approximate surface area is 124 Å². The van der Waals surface area contributed by atoms with E-state index in [1.54, 1.807) is 6.92 Å². The summed E-state index contributed by atoms with van der Waals surface area (Å²) in [4.78, 5) is 15.7. The van der Waals surface area contributed by atoms with Crippen molar-refractivity contribution in [3.05, 3.63) is 33.4 Å². The van der Waals surface area contributed by atoms with Gasteiger partial charge in [-0.15, -0.1) is 0 Å². The molecule has 0 saturated heterocycles. The van der Waals surface area contributed by atoms with Crippen LogP contribution in [0.1, 0.15) is 22.8 Å². The fraction of sp³-hybridized carbons (Fsp3) is 0.231. The predicted molar refractivity (Wildman–Crippen MR) is 75.3 cm³/mol. The number of halogens is 2. The topological polar surface area (TPSA) is 79.7 Å². The van der Waals surface area contributed by atoms with Crippen molar-refractivity contribution >= 4 is 40.1 Å². The smallest absolute Gasteiger partial charge is 0.343 e. The Kier molecular flexibility index (Phi) is 4.32. The van der Waals surface area contributed by atoms with Crippen molar-refractivity contribution in [2.24, 2.45) is 0 Å². The standard InChI is InChI=1S/C13H11Cl2NO4/c1-2-20-13(19)7-4-16-11-6(12(7)18)3-9(14)10(15)8(11)5-17/h3-4,17H,2,5H2,1H3,(H,16,18). The van der Waals surface area contributed by atoms with Crippen molar-refractivity contribution in [3.63, 3.8) is 0 Å². The van der Waals surface area contributed by atoms with E-state index in [0.717, 1.165) is 0 Å². The van der Waals surface area contributed by atoms with Gasteiger partial charge in [0.15, 0.2) is 0 Å². The lowest BCUT2D eigenvalue weighted by molar-refractivity contribution is 0.0523. The van der Waals surface area contributed by atoms with Gasteiger partial charge in [-0.1, -0.05) is 23.2 Å². The predicted octanol–water partition coefficient (Wildman–Crippen LogP) is 2.92. The van der Waals surface area contributed by atoms with Crippen LogP contribution in [0.25, 0.3) is 10.9 Å². The number of nitrogens with zero attached hydrogens (tertiary/aromatic N) is 1. The summed E-state index contributed by atoms with van der Waals surface area (Å²) in [5.41, 5.74) is 0.508. The first-order chi connectivity index (χ1) is 9.51. The summed E-state index contributed by atoms with van der Waals surface area (Å²) in [6.07, 6.45) is 1.18. The highest BCUT2D eigenvalue weighted by molar-refractivity contribution is 6.43. The number of hydrogen-bond acceptors (Lipinski definition) is 5. The summed E-state index contributed by atoms with van der Waals surface area (Å²) in [6.45, 7) is 1.45. The molecule has 0 atom stereocenters. The second-order valence-electron chi connectivity index (χ2n) is 3.95. The van der Waals surface area contributed by atoms with E-state index in [0.29, 0.717) is 5.56 Å². The zero-order chi connectivity index (χ0) is 14.9. The molecule has 0 fully saturated rings. The molecule has 0 aliphatic carbocycles. The third-order valence-corrected chi connectivity index (χ3v) is 3.60. The molecular formula is C13H11Cl2NO4. The molecule has 0 radical (unpaired) electrons. The molecule has 5 nitrogen and oxygen atoms in total. The van der Waals surface area contributed by atoms with Gasteiger partial charge in [-0.2, -0.15) is 0 Å². The first-order valence-electron chi connectivity index (χ1n) is 5.77. The SMILES string of the molecule is CCOC(=O)c1cnc2c(CO)c(Cl)c(Cl)cc2c1O. The molecule has 20 heavy (non-hydrogen) atoms. The Morgan fingerprint density at radius 3 is 2.75 bits per heavy atom. The minimum Gasteiger partial charge on any atom is -0.506 e. The van der Waals surface area contributed by atoms with Crippen molar-refractivity contribution < 1.29 is 19.7 Å². The zero-order valence-electron chi connectivity index (χ0n) is 10.5. The van der Waals surface area contributed by atoms with Crippen molar-refractivity contribution in [1.29, 1.82) is 0 Å². The summed E-state index contributed by atoms with van der Waals surface area (Å²) >= 11 is 11.9. The summed E-state index contributed by atoms with van der Waals surface area (Å²) in [5.74, 6) is -0.988. The molecule has 0 bridgehead atoms. The number of carbonyl (C=O) groups excluding carboxylic acids is 1. The molecule has 2 N–H and O–H groups in total. The van der Waals surface area contributed by atoms with Crippen LogP contribution in [0.3, 0.4) is 0 Å². The summed E-state index contributed by atoms with van der Waals surface area (Å²) in [6, 6.07) is 1.39. The van der Waals surface area contributed by atoms with E-state index in [1.165, 1.54) is 12.3 Å². The molecule has 2 aromatic rings. The molecule has 0 aliphatic heterocycles. The lowest BCUT2D eigenvalue weighted by Crippen LogP contribution is -2.06. The van der Waals surface area contributed by atoms with Gasteiger partial charge in [0, 0.05) is 17.1 Å². The van der Waals surface area contributed by atoms with Crippen LogP contribution in [0, 0.1) is 0 Å². The molecule has 2 rings (SSSR count). The number of aromatic hydroxyl groups is 1. The third-order valence-electron chi connectivity index (χ3n) is 2.77. The van der Waals surface area contributed by atoms with Gasteiger partial charge in [-0.25, -0.2) is 4.79 Å². The minimum absolute atomic E-state index is 0.0679. The number of aliphatic hydroxyl groups is 1. The van der Waals surface area contributed by atoms with Gasteiger partial charge in [0.05, 0.1) is 28.8 Å². The Bertz CT molecular complexity index is 688. The van der Waals surface area contributed by atoms with Crippen molar-refractivity contribution in [3.8, 4) is 5.75 Å². The highest BCUT2D eigenvalue weighted by atomic mass is 35.5. The molecule has 0 amide bonds. The fourth-order valence-electron chi connectivity index (χ4n) is 1.83. The van der Waals surface area contributed by atoms with Gasteiger partial charge in [-0.05, 0) is 13.0 Å². The maximum atomic E-state index is 11.7. The Morgan fingerprint density at radius 1 is 1.45 bits per heavy atom. The average Bonchev–Trinajstić information content (AvgIpc) is 2.42. The second kappa shape index (κ2) is 5.83. The number of carbonyl (C=O) groups is 1. The molecule has 1 aromatic heterocycles. The van der Waals surface area contributed by atoms with E-state index in [1.807, 2.05) is 0 Å². The van der Waals surface area contributed by atoms with Crippen molar-refractivity contribution in [2.75, 3.05) is 6.61 Å². The van der Waals surface area contributed by atoms with Crippen LogP contribution in [-0.2, 0) is 11.3 Å². The van der Waals surface area contributed by atoms with Gasteiger partial charge < -0.3 is 14.9 Å². The van der Waals surface area contributed by atoms with Gasteiger partial charge in [0.2, 0.25) is 0 Å². The first kappa shape index (κ1) is 14.8. The molecule has 1 aromatic carbocycles. The number of fused-ring (bicyclic) bond motifs is 1. The Hall–Kier alpha value is -1.56. The monoisotopic (exact) mass is 315 g/mol. The van der Waals surface area contributed by atoms with E-state index < -0.39 is 5.97 Å².